The largest absolute Gasteiger partial charge is 0.326 e. The molecule has 2 heterocycles. The molecule has 130 valence electrons. The summed E-state index contributed by atoms with van der Waals surface area (Å²) in [5.41, 5.74) is 5.01. The topological polar surface area (TPSA) is 46.4 Å². The maximum Gasteiger partial charge on any atom is 0.230 e. The fraction of sp³-hybridized carbons (Fsp3) is 0.143. The van der Waals surface area contributed by atoms with Crippen molar-refractivity contribution < 1.29 is 4.79 Å². The third-order valence-corrected chi connectivity index (χ3v) is 5.20. The molecular formula is C21H19N3OS. The zero-order chi connectivity index (χ0) is 17.9. The van der Waals surface area contributed by atoms with E-state index in [0.29, 0.717) is 6.42 Å². The minimum atomic E-state index is -0.0204. The average molecular weight is 361 g/mol. The van der Waals surface area contributed by atoms with Gasteiger partial charge in [-0.3, -0.25) is 9.20 Å². The molecular weight excluding hydrogens is 342 g/mol. The van der Waals surface area contributed by atoms with E-state index < -0.39 is 0 Å². The summed E-state index contributed by atoms with van der Waals surface area (Å²) in [6.45, 7) is 2.10. The molecule has 0 radical (unpaired) electrons. The molecule has 26 heavy (non-hydrogen) atoms. The number of rotatable bonds is 5. The number of aromatic nitrogens is 2. The predicted molar refractivity (Wildman–Crippen MR) is 107 cm³/mol. The first-order valence-electron chi connectivity index (χ1n) is 8.62. The SMILES string of the molecule is CCc1cccc(NC(=O)Cc2csc3nc(-c4ccccc4)cn23)c1. The number of thiazole rings is 1. The summed E-state index contributed by atoms with van der Waals surface area (Å²) in [6, 6.07) is 18.1. The number of fused-ring (bicyclic) bond motifs is 1. The highest BCUT2D eigenvalue weighted by Gasteiger charge is 2.12. The number of anilines is 1. The van der Waals surface area contributed by atoms with Crippen LogP contribution in [-0.2, 0) is 17.6 Å². The molecule has 0 unspecified atom stereocenters. The van der Waals surface area contributed by atoms with Crippen LogP contribution in [0.25, 0.3) is 16.2 Å². The lowest BCUT2D eigenvalue weighted by Crippen LogP contribution is -2.15. The van der Waals surface area contributed by atoms with Crippen LogP contribution >= 0.6 is 11.3 Å². The zero-order valence-electron chi connectivity index (χ0n) is 14.5. The number of benzene rings is 2. The van der Waals surface area contributed by atoms with Crippen LogP contribution < -0.4 is 5.32 Å². The molecule has 4 rings (SSSR count). The van der Waals surface area contributed by atoms with Gasteiger partial charge in [-0.1, -0.05) is 49.4 Å². The summed E-state index contributed by atoms with van der Waals surface area (Å²) in [4.78, 5) is 18.0. The number of carbonyl (C=O) groups is 1. The van der Waals surface area contributed by atoms with E-state index in [-0.39, 0.29) is 5.91 Å². The van der Waals surface area contributed by atoms with Gasteiger partial charge in [0, 0.05) is 28.5 Å². The van der Waals surface area contributed by atoms with Crippen molar-refractivity contribution in [2.45, 2.75) is 19.8 Å². The summed E-state index contributed by atoms with van der Waals surface area (Å²) in [5, 5.41) is 4.99. The highest BCUT2D eigenvalue weighted by atomic mass is 32.1. The molecule has 2 aromatic heterocycles. The Morgan fingerprint density at radius 3 is 2.81 bits per heavy atom. The molecule has 0 bridgehead atoms. The molecule has 0 atom stereocenters. The Morgan fingerprint density at radius 1 is 1.15 bits per heavy atom. The van der Waals surface area contributed by atoms with Crippen molar-refractivity contribution in [1.29, 1.82) is 0 Å². The second-order valence-electron chi connectivity index (χ2n) is 6.15. The molecule has 4 nitrogen and oxygen atoms in total. The number of imidazole rings is 1. The van der Waals surface area contributed by atoms with Crippen LogP contribution in [0.4, 0.5) is 5.69 Å². The monoisotopic (exact) mass is 361 g/mol. The fourth-order valence-corrected chi connectivity index (χ4v) is 3.82. The molecule has 0 saturated carbocycles. The lowest BCUT2D eigenvalue weighted by molar-refractivity contribution is -0.115. The first-order valence-corrected chi connectivity index (χ1v) is 9.50. The van der Waals surface area contributed by atoms with Gasteiger partial charge in [0.1, 0.15) is 0 Å². The van der Waals surface area contributed by atoms with E-state index in [1.165, 1.54) is 5.56 Å². The van der Waals surface area contributed by atoms with Crippen molar-refractivity contribution in [2.75, 3.05) is 5.32 Å². The van der Waals surface area contributed by atoms with Crippen LogP contribution in [0.15, 0.2) is 66.2 Å². The Kier molecular flexibility index (Phi) is 4.54. The smallest absolute Gasteiger partial charge is 0.230 e. The van der Waals surface area contributed by atoms with Gasteiger partial charge in [0.2, 0.25) is 5.91 Å². The van der Waals surface area contributed by atoms with Crippen molar-refractivity contribution in [1.82, 2.24) is 9.38 Å². The zero-order valence-corrected chi connectivity index (χ0v) is 15.3. The third-order valence-electron chi connectivity index (χ3n) is 4.31. The van der Waals surface area contributed by atoms with Gasteiger partial charge in [0.25, 0.3) is 0 Å². The highest BCUT2D eigenvalue weighted by molar-refractivity contribution is 7.15. The molecule has 0 aliphatic carbocycles. The molecule has 1 amide bonds. The number of amides is 1. The minimum absolute atomic E-state index is 0.0204. The second kappa shape index (κ2) is 7.14. The number of nitrogens with one attached hydrogen (secondary N) is 1. The summed E-state index contributed by atoms with van der Waals surface area (Å²) in [5.74, 6) is -0.0204. The Morgan fingerprint density at radius 2 is 2.00 bits per heavy atom. The Balaban J connectivity index is 1.53. The lowest BCUT2D eigenvalue weighted by atomic mass is 10.1. The van der Waals surface area contributed by atoms with Gasteiger partial charge >= 0.3 is 0 Å². The third kappa shape index (κ3) is 3.39. The molecule has 2 aromatic carbocycles. The second-order valence-corrected chi connectivity index (χ2v) is 6.99. The summed E-state index contributed by atoms with van der Waals surface area (Å²) in [6.07, 6.45) is 3.27. The van der Waals surface area contributed by atoms with Crippen molar-refractivity contribution in [2.24, 2.45) is 0 Å². The van der Waals surface area contributed by atoms with Gasteiger partial charge in [-0.25, -0.2) is 4.98 Å². The molecule has 5 heteroatoms. The van der Waals surface area contributed by atoms with Gasteiger partial charge in [0.05, 0.1) is 12.1 Å². The Hall–Kier alpha value is -2.92. The van der Waals surface area contributed by atoms with Gasteiger partial charge in [0.15, 0.2) is 4.96 Å². The fourth-order valence-electron chi connectivity index (χ4n) is 2.94. The van der Waals surface area contributed by atoms with Gasteiger partial charge < -0.3 is 5.32 Å². The van der Waals surface area contributed by atoms with Crippen molar-refractivity contribution in [3.8, 4) is 11.3 Å². The average Bonchev–Trinajstić information content (AvgIpc) is 3.25. The van der Waals surface area contributed by atoms with Crippen LogP contribution in [-0.4, -0.2) is 15.3 Å². The van der Waals surface area contributed by atoms with Crippen LogP contribution in [0.3, 0.4) is 0 Å². The van der Waals surface area contributed by atoms with E-state index in [0.717, 1.165) is 34.0 Å². The predicted octanol–water partition coefficient (Wildman–Crippen LogP) is 4.81. The molecule has 1 N–H and O–H groups in total. The lowest BCUT2D eigenvalue weighted by Gasteiger charge is -2.06. The van der Waals surface area contributed by atoms with E-state index >= 15 is 0 Å². The molecule has 4 aromatic rings. The number of hydrogen-bond donors (Lipinski definition) is 1. The van der Waals surface area contributed by atoms with E-state index in [4.69, 9.17) is 0 Å². The van der Waals surface area contributed by atoms with E-state index in [9.17, 15) is 4.79 Å². The summed E-state index contributed by atoms with van der Waals surface area (Å²) in [7, 11) is 0. The number of nitrogens with zero attached hydrogens (tertiary/aromatic N) is 2. The van der Waals surface area contributed by atoms with Gasteiger partial charge in [-0.2, -0.15) is 0 Å². The Bertz CT molecular complexity index is 1050. The van der Waals surface area contributed by atoms with Crippen LogP contribution in [0.2, 0.25) is 0 Å². The van der Waals surface area contributed by atoms with E-state index in [1.54, 1.807) is 11.3 Å². The first kappa shape index (κ1) is 16.5. The molecule has 0 fully saturated rings. The Labute approximate surface area is 156 Å². The summed E-state index contributed by atoms with van der Waals surface area (Å²) < 4.78 is 2.01. The quantitative estimate of drug-likeness (QED) is 0.555. The van der Waals surface area contributed by atoms with Crippen LogP contribution in [0, 0.1) is 0 Å². The van der Waals surface area contributed by atoms with Crippen molar-refractivity contribution in [3.05, 3.63) is 77.4 Å². The molecule has 0 spiro atoms. The van der Waals surface area contributed by atoms with E-state index in [1.807, 2.05) is 64.5 Å². The maximum atomic E-state index is 12.5. The van der Waals surface area contributed by atoms with Crippen LogP contribution in [0.1, 0.15) is 18.2 Å². The molecule has 0 aliphatic rings. The van der Waals surface area contributed by atoms with E-state index in [2.05, 4.69) is 23.3 Å². The molecule has 0 saturated heterocycles. The number of aryl methyl sites for hydroxylation is 1. The van der Waals surface area contributed by atoms with Crippen LogP contribution in [0.5, 0.6) is 0 Å². The maximum absolute atomic E-state index is 12.5. The molecule has 0 aliphatic heterocycles. The number of hydrogen-bond acceptors (Lipinski definition) is 3. The van der Waals surface area contributed by atoms with Gasteiger partial charge in [-0.05, 0) is 24.1 Å². The van der Waals surface area contributed by atoms with Crippen molar-refractivity contribution >= 4 is 27.9 Å². The minimum Gasteiger partial charge on any atom is -0.326 e. The first-order chi connectivity index (χ1) is 12.7. The standard InChI is InChI=1S/C21H19N3OS/c1-2-15-7-6-10-17(11-15)22-20(25)12-18-14-26-21-23-19(13-24(18)21)16-8-4-3-5-9-16/h3-11,13-14H,2,12H2,1H3,(H,22,25). The number of carbonyl (C=O) groups excluding carboxylic acids is 1. The summed E-state index contributed by atoms with van der Waals surface area (Å²) >= 11 is 1.56. The normalized spacial score (nSPS) is 11.0. The van der Waals surface area contributed by atoms with Crippen molar-refractivity contribution in [3.63, 3.8) is 0 Å². The highest BCUT2D eigenvalue weighted by Crippen LogP contribution is 2.24. The van der Waals surface area contributed by atoms with Gasteiger partial charge in [-0.15, -0.1) is 11.3 Å².